The molecular formula is C27H29N3O4. The number of urea groups is 1. The van der Waals surface area contributed by atoms with Gasteiger partial charge in [0, 0.05) is 5.69 Å². The minimum absolute atomic E-state index is 0.221. The fourth-order valence-corrected chi connectivity index (χ4v) is 4.83. The zero-order chi connectivity index (χ0) is 24.5. The highest BCUT2D eigenvalue weighted by Gasteiger charge is 2.43. The van der Waals surface area contributed by atoms with Gasteiger partial charge in [0.2, 0.25) is 0 Å². The number of nitrogens with one attached hydrogen (secondary N) is 3. The van der Waals surface area contributed by atoms with E-state index in [-0.39, 0.29) is 5.56 Å². The number of carboxylic acid groups (broad SMARTS) is 1. The second kappa shape index (κ2) is 9.17. The summed E-state index contributed by atoms with van der Waals surface area (Å²) in [6, 6.07) is 14.4. The fraction of sp³-hybridized carbons (Fsp3) is 0.296. The van der Waals surface area contributed by atoms with Crippen molar-refractivity contribution in [2.45, 2.75) is 52.0 Å². The lowest BCUT2D eigenvalue weighted by Gasteiger charge is -2.26. The fourth-order valence-electron chi connectivity index (χ4n) is 4.83. The minimum atomic E-state index is -1.28. The predicted molar refractivity (Wildman–Crippen MR) is 134 cm³/mol. The van der Waals surface area contributed by atoms with Crippen molar-refractivity contribution >= 4 is 40.1 Å². The van der Waals surface area contributed by atoms with Crippen LogP contribution in [-0.2, 0) is 4.79 Å². The molecule has 1 fully saturated rings. The van der Waals surface area contributed by atoms with Crippen LogP contribution in [0.15, 0.2) is 48.5 Å². The van der Waals surface area contributed by atoms with E-state index < -0.39 is 23.4 Å². The van der Waals surface area contributed by atoms with Crippen LogP contribution in [0, 0.1) is 20.8 Å². The quantitative estimate of drug-likeness (QED) is 0.402. The number of fused-ring (bicyclic) bond motifs is 1. The smallest absolute Gasteiger partial charge is 0.329 e. The number of amides is 3. The molecule has 0 aliphatic heterocycles. The molecule has 7 heteroatoms. The molecule has 3 aromatic carbocycles. The maximum absolute atomic E-state index is 13.3. The van der Waals surface area contributed by atoms with Gasteiger partial charge in [0.15, 0.2) is 0 Å². The molecule has 0 aromatic heterocycles. The van der Waals surface area contributed by atoms with Crippen molar-refractivity contribution in [2.75, 3.05) is 10.6 Å². The predicted octanol–water partition coefficient (Wildman–Crippen LogP) is 5.54. The second-order valence-corrected chi connectivity index (χ2v) is 9.15. The lowest BCUT2D eigenvalue weighted by molar-refractivity contribution is -0.144. The topological polar surface area (TPSA) is 108 Å². The number of anilines is 2. The number of carbonyl (C=O) groups is 3. The number of hydrogen-bond acceptors (Lipinski definition) is 3. The molecule has 3 amide bonds. The number of carboxylic acids is 1. The van der Waals surface area contributed by atoms with E-state index in [4.69, 9.17) is 0 Å². The van der Waals surface area contributed by atoms with Crippen LogP contribution >= 0.6 is 0 Å². The van der Waals surface area contributed by atoms with Gasteiger partial charge in [-0.3, -0.25) is 4.79 Å². The van der Waals surface area contributed by atoms with E-state index in [9.17, 15) is 19.5 Å². The van der Waals surface area contributed by atoms with Crippen molar-refractivity contribution in [2.24, 2.45) is 0 Å². The molecule has 7 nitrogen and oxygen atoms in total. The first kappa shape index (κ1) is 23.3. The summed E-state index contributed by atoms with van der Waals surface area (Å²) in [5, 5.41) is 19.9. The molecule has 0 unspecified atom stereocenters. The third-order valence-electron chi connectivity index (χ3n) is 6.51. The number of aryl methyl sites for hydroxylation is 3. The van der Waals surface area contributed by atoms with Crippen LogP contribution in [0.1, 0.15) is 52.7 Å². The van der Waals surface area contributed by atoms with Crippen LogP contribution in [0.3, 0.4) is 0 Å². The highest BCUT2D eigenvalue weighted by atomic mass is 16.4. The van der Waals surface area contributed by atoms with E-state index in [1.165, 1.54) is 0 Å². The Balaban J connectivity index is 1.66. The molecule has 0 heterocycles. The van der Waals surface area contributed by atoms with E-state index in [2.05, 4.69) is 16.0 Å². The van der Waals surface area contributed by atoms with Gasteiger partial charge in [-0.25, -0.2) is 9.59 Å². The molecule has 0 bridgehead atoms. The standard InChI is InChI=1S/C27H29N3O4/c1-16-12-17(2)23(18(3)13-16)29-26(34)28-22-15-20-9-5-4-8-19(20)14-21(22)24(31)30-27(25(32)33)10-6-7-11-27/h4-5,8-9,12-15H,6-7,10-11H2,1-3H3,(H,30,31)(H,32,33)(H2,28,29,34). The molecule has 1 saturated carbocycles. The van der Waals surface area contributed by atoms with Crippen LogP contribution in [-0.4, -0.2) is 28.6 Å². The normalized spacial score (nSPS) is 14.6. The van der Waals surface area contributed by atoms with Gasteiger partial charge in [-0.15, -0.1) is 0 Å². The Hall–Kier alpha value is -3.87. The summed E-state index contributed by atoms with van der Waals surface area (Å²) in [4.78, 5) is 38.2. The maximum atomic E-state index is 13.3. The lowest BCUT2D eigenvalue weighted by atomic mass is 9.96. The molecule has 3 aromatic rings. The Morgan fingerprint density at radius 3 is 2.03 bits per heavy atom. The summed E-state index contributed by atoms with van der Waals surface area (Å²) >= 11 is 0. The highest BCUT2D eigenvalue weighted by molar-refractivity contribution is 6.10. The lowest BCUT2D eigenvalue weighted by Crippen LogP contribution is -2.52. The van der Waals surface area contributed by atoms with Crippen LogP contribution in [0.25, 0.3) is 10.8 Å². The second-order valence-electron chi connectivity index (χ2n) is 9.15. The summed E-state index contributed by atoms with van der Waals surface area (Å²) in [7, 11) is 0. The highest BCUT2D eigenvalue weighted by Crippen LogP contribution is 2.32. The van der Waals surface area contributed by atoms with Gasteiger partial charge in [-0.1, -0.05) is 54.8 Å². The van der Waals surface area contributed by atoms with Crippen LogP contribution < -0.4 is 16.0 Å². The van der Waals surface area contributed by atoms with Crippen molar-refractivity contribution in [3.63, 3.8) is 0 Å². The summed E-state index contributed by atoms with van der Waals surface area (Å²) < 4.78 is 0. The summed E-state index contributed by atoms with van der Waals surface area (Å²) in [6.45, 7) is 5.85. The van der Waals surface area contributed by atoms with Gasteiger partial charge >= 0.3 is 12.0 Å². The van der Waals surface area contributed by atoms with Crippen molar-refractivity contribution < 1.29 is 19.5 Å². The molecule has 1 aliphatic rings. The minimum Gasteiger partial charge on any atom is -0.480 e. The third kappa shape index (κ3) is 4.59. The van der Waals surface area contributed by atoms with Gasteiger partial charge in [0.05, 0.1) is 11.3 Å². The number of aliphatic carboxylic acids is 1. The summed E-state index contributed by atoms with van der Waals surface area (Å²) in [6.07, 6.45) is 2.26. The van der Waals surface area contributed by atoms with Crippen molar-refractivity contribution in [1.29, 1.82) is 0 Å². The van der Waals surface area contributed by atoms with Crippen molar-refractivity contribution in [3.8, 4) is 0 Å². The SMILES string of the molecule is Cc1cc(C)c(NC(=O)Nc2cc3ccccc3cc2C(=O)NC2(C(=O)O)CCCC2)c(C)c1. The number of carbonyl (C=O) groups excluding carboxylic acids is 2. The van der Waals surface area contributed by atoms with Crippen molar-refractivity contribution in [1.82, 2.24) is 5.32 Å². The molecular weight excluding hydrogens is 430 g/mol. The average molecular weight is 460 g/mol. The molecule has 4 N–H and O–H groups in total. The van der Waals surface area contributed by atoms with Gasteiger partial charge in [-0.05, 0) is 67.6 Å². The monoisotopic (exact) mass is 459 g/mol. The first-order valence-corrected chi connectivity index (χ1v) is 11.4. The van der Waals surface area contributed by atoms with Crippen molar-refractivity contribution in [3.05, 3.63) is 70.8 Å². The Labute approximate surface area is 198 Å². The van der Waals surface area contributed by atoms with Crippen LogP contribution in [0.5, 0.6) is 0 Å². The molecule has 0 spiro atoms. The molecule has 176 valence electrons. The largest absolute Gasteiger partial charge is 0.480 e. The molecule has 0 radical (unpaired) electrons. The van der Waals surface area contributed by atoms with Gasteiger partial charge in [-0.2, -0.15) is 0 Å². The van der Waals surface area contributed by atoms with Crippen LogP contribution in [0.2, 0.25) is 0 Å². The van der Waals surface area contributed by atoms with E-state index >= 15 is 0 Å². The molecule has 34 heavy (non-hydrogen) atoms. The Kier molecular flexibility index (Phi) is 6.28. The van der Waals surface area contributed by atoms with Gasteiger partial charge < -0.3 is 21.1 Å². The van der Waals surface area contributed by atoms with Crippen LogP contribution in [0.4, 0.5) is 16.2 Å². The maximum Gasteiger partial charge on any atom is 0.329 e. The number of hydrogen-bond donors (Lipinski definition) is 4. The first-order valence-electron chi connectivity index (χ1n) is 11.4. The zero-order valence-electron chi connectivity index (χ0n) is 19.6. The average Bonchev–Trinajstić information content (AvgIpc) is 3.25. The molecule has 1 aliphatic carbocycles. The number of benzene rings is 3. The molecule has 4 rings (SSSR count). The van der Waals surface area contributed by atoms with Gasteiger partial charge in [0.25, 0.3) is 5.91 Å². The Morgan fingerprint density at radius 1 is 0.853 bits per heavy atom. The zero-order valence-corrected chi connectivity index (χ0v) is 19.6. The molecule has 0 atom stereocenters. The van der Waals surface area contributed by atoms with Gasteiger partial charge in [0.1, 0.15) is 5.54 Å². The summed E-state index contributed by atoms with van der Waals surface area (Å²) in [5.41, 5.74) is 2.95. The first-order chi connectivity index (χ1) is 16.2. The Morgan fingerprint density at radius 2 is 1.44 bits per heavy atom. The third-order valence-corrected chi connectivity index (χ3v) is 6.51. The Bertz CT molecular complexity index is 1270. The van der Waals surface area contributed by atoms with E-state index in [1.54, 1.807) is 12.1 Å². The molecule has 0 saturated heterocycles. The number of rotatable bonds is 5. The van der Waals surface area contributed by atoms with E-state index in [0.717, 1.165) is 40.3 Å². The van der Waals surface area contributed by atoms with E-state index in [1.807, 2.05) is 57.2 Å². The summed E-state index contributed by atoms with van der Waals surface area (Å²) in [5.74, 6) is -1.55. The van der Waals surface area contributed by atoms with E-state index in [0.29, 0.717) is 24.2 Å².